The molecule has 0 spiro atoms. The fraction of sp³-hybridized carbons (Fsp3) is 0.500. The van der Waals surface area contributed by atoms with Gasteiger partial charge in [-0.1, -0.05) is 0 Å². The van der Waals surface area contributed by atoms with Crippen molar-refractivity contribution in [2.45, 2.75) is 13.0 Å². The van der Waals surface area contributed by atoms with Crippen LogP contribution in [0.2, 0.25) is 0 Å². The third-order valence-corrected chi connectivity index (χ3v) is 1.57. The molecule has 1 rings (SSSR count). The summed E-state index contributed by atoms with van der Waals surface area (Å²) in [6.45, 7) is 1.40. The first-order valence-electron chi connectivity index (χ1n) is 3.37. The second-order valence-corrected chi connectivity index (χ2v) is 2.48. The van der Waals surface area contributed by atoms with Gasteiger partial charge in [0.25, 0.3) is 0 Å². The normalized spacial score (nSPS) is 12.8. The number of aryl methyl sites for hydroxylation is 1. The summed E-state index contributed by atoms with van der Waals surface area (Å²) in [4.78, 5) is 21.6. The molecular formula is C6H9N3O3. The van der Waals surface area contributed by atoms with Gasteiger partial charge in [0.15, 0.2) is 6.04 Å². The predicted octanol–water partition coefficient (Wildman–Crippen LogP) is -0.773. The van der Waals surface area contributed by atoms with Crippen molar-refractivity contribution in [3.8, 4) is 0 Å². The molecule has 0 fully saturated rings. The maximum atomic E-state index is 11.1. The van der Waals surface area contributed by atoms with Crippen molar-refractivity contribution in [2.75, 3.05) is 0 Å². The van der Waals surface area contributed by atoms with Crippen LogP contribution >= 0.6 is 0 Å². The number of carboxylic acid groups (broad SMARTS) is 1. The van der Waals surface area contributed by atoms with Crippen LogP contribution in [0.4, 0.5) is 0 Å². The Hall–Kier alpha value is -1.59. The SMILES string of the molecule is CC(C(=O)O)n1ncn(C)c1=O. The van der Waals surface area contributed by atoms with Crippen molar-refractivity contribution in [3.63, 3.8) is 0 Å². The molecule has 0 bridgehead atoms. The highest BCUT2D eigenvalue weighted by molar-refractivity contribution is 5.71. The van der Waals surface area contributed by atoms with E-state index < -0.39 is 17.7 Å². The standard InChI is InChI=1S/C6H9N3O3/c1-4(5(10)11)9-6(12)8(2)3-7-9/h3-4H,1-2H3,(H,10,11). The van der Waals surface area contributed by atoms with Gasteiger partial charge in [0, 0.05) is 7.05 Å². The number of hydrogen-bond acceptors (Lipinski definition) is 3. The molecule has 1 aromatic rings. The Bertz CT molecular complexity index is 351. The topological polar surface area (TPSA) is 77.1 Å². The Morgan fingerprint density at radius 2 is 2.33 bits per heavy atom. The third-order valence-electron chi connectivity index (χ3n) is 1.57. The smallest absolute Gasteiger partial charge is 0.346 e. The molecule has 1 atom stereocenters. The summed E-state index contributed by atoms with van der Waals surface area (Å²) in [6.07, 6.45) is 1.28. The number of carboxylic acids is 1. The van der Waals surface area contributed by atoms with Crippen LogP contribution in [0.3, 0.4) is 0 Å². The first kappa shape index (κ1) is 8.51. The lowest BCUT2D eigenvalue weighted by molar-refractivity contribution is -0.140. The van der Waals surface area contributed by atoms with Crippen LogP contribution < -0.4 is 5.69 Å². The van der Waals surface area contributed by atoms with Crippen molar-refractivity contribution < 1.29 is 9.90 Å². The molecule has 1 heterocycles. The number of carbonyl (C=O) groups is 1. The van der Waals surface area contributed by atoms with Gasteiger partial charge in [-0.05, 0) is 6.92 Å². The Morgan fingerprint density at radius 1 is 1.75 bits per heavy atom. The zero-order valence-electron chi connectivity index (χ0n) is 6.76. The minimum Gasteiger partial charge on any atom is -0.480 e. The van der Waals surface area contributed by atoms with Crippen LogP contribution in [0.25, 0.3) is 0 Å². The van der Waals surface area contributed by atoms with E-state index in [-0.39, 0.29) is 0 Å². The van der Waals surface area contributed by atoms with Gasteiger partial charge in [-0.2, -0.15) is 9.78 Å². The molecule has 1 N–H and O–H groups in total. The lowest BCUT2D eigenvalue weighted by Gasteiger charge is -2.02. The van der Waals surface area contributed by atoms with Gasteiger partial charge in [-0.3, -0.25) is 4.57 Å². The number of aromatic nitrogens is 3. The van der Waals surface area contributed by atoms with Crippen LogP contribution in [0.1, 0.15) is 13.0 Å². The lowest BCUT2D eigenvalue weighted by atomic mass is 10.4. The van der Waals surface area contributed by atoms with Gasteiger partial charge >= 0.3 is 11.7 Å². The summed E-state index contributed by atoms with van der Waals surface area (Å²) in [5, 5.41) is 12.2. The molecule has 12 heavy (non-hydrogen) atoms. The van der Waals surface area contributed by atoms with E-state index in [0.29, 0.717) is 0 Å². The van der Waals surface area contributed by atoms with E-state index >= 15 is 0 Å². The molecule has 0 saturated heterocycles. The highest BCUT2D eigenvalue weighted by atomic mass is 16.4. The van der Waals surface area contributed by atoms with E-state index in [2.05, 4.69) is 5.10 Å². The summed E-state index contributed by atoms with van der Waals surface area (Å²) < 4.78 is 2.14. The van der Waals surface area contributed by atoms with Crippen molar-refractivity contribution in [2.24, 2.45) is 7.05 Å². The second kappa shape index (κ2) is 2.80. The summed E-state index contributed by atoms with van der Waals surface area (Å²) >= 11 is 0. The Morgan fingerprint density at radius 3 is 2.67 bits per heavy atom. The minimum absolute atomic E-state index is 0.426. The van der Waals surface area contributed by atoms with E-state index in [9.17, 15) is 9.59 Å². The highest BCUT2D eigenvalue weighted by Crippen LogP contribution is 1.97. The maximum absolute atomic E-state index is 11.1. The largest absolute Gasteiger partial charge is 0.480 e. The fourth-order valence-electron chi connectivity index (χ4n) is 0.764. The number of nitrogens with zero attached hydrogens (tertiary/aromatic N) is 3. The van der Waals surface area contributed by atoms with Gasteiger partial charge in [-0.15, -0.1) is 0 Å². The molecule has 0 aromatic carbocycles. The van der Waals surface area contributed by atoms with Crippen molar-refractivity contribution in [3.05, 3.63) is 16.8 Å². The molecule has 0 aliphatic heterocycles. The molecular weight excluding hydrogens is 162 g/mol. The van der Waals surface area contributed by atoms with Crippen LogP contribution in [0.15, 0.2) is 11.1 Å². The van der Waals surface area contributed by atoms with E-state index in [0.717, 1.165) is 4.68 Å². The fourth-order valence-corrected chi connectivity index (χ4v) is 0.764. The van der Waals surface area contributed by atoms with Crippen LogP contribution in [-0.4, -0.2) is 25.4 Å². The maximum Gasteiger partial charge on any atom is 0.346 e. The summed E-state index contributed by atoms with van der Waals surface area (Å²) in [5.74, 6) is -1.07. The van der Waals surface area contributed by atoms with Crippen molar-refractivity contribution >= 4 is 5.97 Å². The van der Waals surface area contributed by atoms with Crippen molar-refractivity contribution in [1.29, 1.82) is 0 Å². The number of rotatable bonds is 2. The van der Waals surface area contributed by atoms with E-state index in [1.807, 2.05) is 0 Å². The second-order valence-electron chi connectivity index (χ2n) is 2.48. The number of hydrogen-bond donors (Lipinski definition) is 1. The van der Waals surface area contributed by atoms with Crippen molar-refractivity contribution in [1.82, 2.24) is 14.3 Å². The summed E-state index contributed by atoms with van der Waals surface area (Å²) in [7, 11) is 1.51. The van der Waals surface area contributed by atoms with Gasteiger partial charge in [-0.25, -0.2) is 9.59 Å². The predicted molar refractivity (Wildman–Crippen MR) is 39.8 cm³/mol. The highest BCUT2D eigenvalue weighted by Gasteiger charge is 2.16. The van der Waals surface area contributed by atoms with Crippen LogP contribution in [0.5, 0.6) is 0 Å². The zero-order chi connectivity index (χ0) is 9.30. The average molecular weight is 171 g/mol. The molecule has 6 heteroatoms. The van der Waals surface area contributed by atoms with Gasteiger partial charge in [0.05, 0.1) is 0 Å². The molecule has 0 saturated carbocycles. The first-order chi connectivity index (χ1) is 5.54. The molecule has 0 amide bonds. The summed E-state index contributed by atoms with van der Waals surface area (Å²) in [5.41, 5.74) is -0.426. The third kappa shape index (κ3) is 1.23. The lowest BCUT2D eigenvalue weighted by Crippen LogP contribution is -2.29. The Kier molecular flexibility index (Phi) is 1.99. The van der Waals surface area contributed by atoms with Crippen LogP contribution in [0, 0.1) is 0 Å². The van der Waals surface area contributed by atoms with Gasteiger partial charge < -0.3 is 5.11 Å². The average Bonchev–Trinajstić information content (AvgIpc) is 2.32. The van der Waals surface area contributed by atoms with E-state index in [1.54, 1.807) is 0 Å². The summed E-state index contributed by atoms with van der Waals surface area (Å²) in [6, 6.07) is -0.918. The van der Waals surface area contributed by atoms with Gasteiger partial charge in [0.2, 0.25) is 0 Å². The molecule has 1 aromatic heterocycles. The molecule has 66 valence electrons. The van der Waals surface area contributed by atoms with E-state index in [1.165, 1.54) is 24.9 Å². The molecule has 1 unspecified atom stereocenters. The molecule has 0 aliphatic carbocycles. The van der Waals surface area contributed by atoms with E-state index in [4.69, 9.17) is 5.11 Å². The van der Waals surface area contributed by atoms with Gasteiger partial charge in [0.1, 0.15) is 6.33 Å². The first-order valence-corrected chi connectivity index (χ1v) is 3.37. The zero-order valence-corrected chi connectivity index (χ0v) is 6.76. The minimum atomic E-state index is -1.07. The van der Waals surface area contributed by atoms with Crippen LogP contribution in [-0.2, 0) is 11.8 Å². The number of aliphatic carboxylic acids is 1. The quantitative estimate of drug-likeness (QED) is 0.633. The molecule has 0 aliphatic rings. The Balaban J connectivity index is 3.12. The monoisotopic (exact) mass is 171 g/mol. The Labute approximate surface area is 68.0 Å². The molecule has 0 radical (unpaired) electrons. The molecule has 6 nitrogen and oxygen atoms in total.